The van der Waals surface area contributed by atoms with E-state index >= 15 is 0 Å². The molecular weight excluding hydrogens is 208 g/mol. The number of nitrogens with two attached hydrogens (primary N) is 1. The molecule has 84 valence electrons. The minimum atomic E-state index is 0.0767. The summed E-state index contributed by atoms with van der Waals surface area (Å²) in [7, 11) is 0. The number of halogens is 1. The van der Waals surface area contributed by atoms with Crippen molar-refractivity contribution in [2.24, 2.45) is 11.3 Å². The van der Waals surface area contributed by atoms with Gasteiger partial charge in [-0.1, -0.05) is 38.4 Å². The molecule has 0 amide bonds. The number of rotatable bonds is 2. The van der Waals surface area contributed by atoms with Crippen LogP contribution < -0.4 is 11.3 Å². The number of benzene rings is 1. The highest BCUT2D eigenvalue weighted by atomic mass is 35.5. The molecule has 0 saturated heterocycles. The first-order valence-electron chi connectivity index (χ1n) is 5.08. The van der Waals surface area contributed by atoms with Gasteiger partial charge in [0.05, 0.1) is 6.04 Å². The van der Waals surface area contributed by atoms with Crippen LogP contribution in [0.4, 0.5) is 0 Å². The normalized spacial score (nSPS) is 14.0. The van der Waals surface area contributed by atoms with E-state index in [9.17, 15) is 0 Å². The summed E-state index contributed by atoms with van der Waals surface area (Å²) in [5.41, 5.74) is 5.32. The Hall–Kier alpha value is -0.570. The Morgan fingerprint density at radius 2 is 1.93 bits per heavy atom. The highest BCUT2D eigenvalue weighted by molar-refractivity contribution is 6.30. The number of aryl methyl sites for hydroxylation is 1. The highest BCUT2D eigenvalue weighted by Crippen LogP contribution is 2.34. The summed E-state index contributed by atoms with van der Waals surface area (Å²) in [6.45, 7) is 8.53. The van der Waals surface area contributed by atoms with Crippen LogP contribution in [0.5, 0.6) is 0 Å². The molecule has 15 heavy (non-hydrogen) atoms. The van der Waals surface area contributed by atoms with Gasteiger partial charge < -0.3 is 0 Å². The lowest BCUT2D eigenvalue weighted by atomic mass is 9.81. The SMILES string of the molecule is Cc1cc(Cl)ccc1C(NN)C(C)(C)C. The third-order valence-electron chi connectivity index (χ3n) is 2.58. The first-order valence-corrected chi connectivity index (χ1v) is 5.46. The van der Waals surface area contributed by atoms with Crippen LogP contribution in [0.2, 0.25) is 5.02 Å². The maximum Gasteiger partial charge on any atom is 0.0510 e. The molecule has 3 heteroatoms. The Kier molecular flexibility index (Phi) is 3.77. The van der Waals surface area contributed by atoms with Crippen LogP contribution in [0.25, 0.3) is 0 Å². The molecule has 0 aliphatic rings. The maximum atomic E-state index is 5.93. The maximum absolute atomic E-state index is 5.93. The molecule has 1 aromatic carbocycles. The smallest absolute Gasteiger partial charge is 0.0510 e. The Balaban J connectivity index is 3.13. The van der Waals surface area contributed by atoms with Crippen LogP contribution in [-0.4, -0.2) is 0 Å². The van der Waals surface area contributed by atoms with Gasteiger partial charge in [0.2, 0.25) is 0 Å². The second-order valence-electron chi connectivity index (χ2n) is 4.97. The fraction of sp³-hybridized carbons (Fsp3) is 0.500. The van der Waals surface area contributed by atoms with Crippen LogP contribution >= 0.6 is 11.6 Å². The van der Waals surface area contributed by atoms with Crippen molar-refractivity contribution in [2.75, 3.05) is 0 Å². The molecule has 0 bridgehead atoms. The molecule has 0 fully saturated rings. The topological polar surface area (TPSA) is 38.0 Å². The second kappa shape index (κ2) is 4.52. The summed E-state index contributed by atoms with van der Waals surface area (Å²) in [6, 6.07) is 6.04. The fourth-order valence-corrected chi connectivity index (χ4v) is 2.00. The zero-order chi connectivity index (χ0) is 11.6. The molecule has 1 unspecified atom stereocenters. The fourth-order valence-electron chi connectivity index (χ4n) is 1.77. The van der Waals surface area contributed by atoms with Crippen molar-refractivity contribution in [3.63, 3.8) is 0 Å². The van der Waals surface area contributed by atoms with Gasteiger partial charge in [-0.25, -0.2) is 0 Å². The van der Waals surface area contributed by atoms with Crippen LogP contribution in [0.3, 0.4) is 0 Å². The van der Waals surface area contributed by atoms with Gasteiger partial charge in [0.25, 0.3) is 0 Å². The average molecular weight is 227 g/mol. The Morgan fingerprint density at radius 1 is 1.33 bits per heavy atom. The van der Waals surface area contributed by atoms with Crippen LogP contribution in [0.15, 0.2) is 18.2 Å². The quantitative estimate of drug-likeness (QED) is 0.601. The third kappa shape index (κ3) is 2.94. The molecule has 3 N–H and O–H groups in total. The number of hydrogen-bond donors (Lipinski definition) is 2. The van der Waals surface area contributed by atoms with E-state index in [0.717, 1.165) is 5.02 Å². The second-order valence-corrected chi connectivity index (χ2v) is 5.40. The molecular formula is C12H19ClN2. The number of nitrogens with one attached hydrogen (secondary N) is 1. The standard InChI is InChI=1S/C12H19ClN2/c1-8-7-9(13)5-6-10(8)11(15-14)12(2,3)4/h5-7,11,15H,14H2,1-4H3. The molecule has 0 aliphatic carbocycles. The lowest BCUT2D eigenvalue weighted by Gasteiger charge is -2.31. The van der Waals surface area contributed by atoms with Crippen molar-refractivity contribution in [3.8, 4) is 0 Å². The first-order chi connectivity index (χ1) is 6.86. The molecule has 0 saturated carbocycles. The molecule has 1 aromatic rings. The van der Waals surface area contributed by atoms with Gasteiger partial charge in [-0.2, -0.15) is 0 Å². The van der Waals surface area contributed by atoms with E-state index in [2.05, 4.69) is 33.1 Å². The average Bonchev–Trinajstić information content (AvgIpc) is 2.07. The van der Waals surface area contributed by atoms with Gasteiger partial charge in [-0.05, 0) is 35.6 Å². The van der Waals surface area contributed by atoms with Gasteiger partial charge in [-0.3, -0.25) is 11.3 Å². The molecule has 2 nitrogen and oxygen atoms in total. The summed E-state index contributed by atoms with van der Waals surface area (Å²) >= 11 is 5.93. The molecule has 0 aliphatic heterocycles. The summed E-state index contributed by atoms with van der Waals surface area (Å²) < 4.78 is 0. The Morgan fingerprint density at radius 3 is 2.33 bits per heavy atom. The van der Waals surface area contributed by atoms with Crippen LogP contribution in [-0.2, 0) is 0 Å². The summed E-state index contributed by atoms with van der Waals surface area (Å²) in [6.07, 6.45) is 0. The highest BCUT2D eigenvalue weighted by Gasteiger charge is 2.26. The van der Waals surface area contributed by atoms with E-state index < -0.39 is 0 Å². The van der Waals surface area contributed by atoms with Gasteiger partial charge in [0, 0.05) is 5.02 Å². The summed E-state index contributed by atoms with van der Waals surface area (Å²) in [5, 5.41) is 0.765. The molecule has 0 radical (unpaired) electrons. The Bertz CT molecular complexity index is 342. The summed E-state index contributed by atoms with van der Waals surface area (Å²) in [4.78, 5) is 0. The molecule has 0 aromatic heterocycles. The van der Waals surface area contributed by atoms with E-state index in [0.29, 0.717) is 0 Å². The van der Waals surface area contributed by atoms with Crippen molar-refractivity contribution >= 4 is 11.6 Å². The lowest BCUT2D eigenvalue weighted by molar-refractivity contribution is 0.274. The van der Waals surface area contributed by atoms with Crippen molar-refractivity contribution in [1.82, 2.24) is 5.43 Å². The Labute approximate surface area is 96.8 Å². The van der Waals surface area contributed by atoms with Gasteiger partial charge in [0.1, 0.15) is 0 Å². The molecule has 1 atom stereocenters. The summed E-state index contributed by atoms with van der Waals surface area (Å²) in [5.74, 6) is 5.61. The molecule has 1 rings (SSSR count). The van der Waals surface area contributed by atoms with Crippen molar-refractivity contribution < 1.29 is 0 Å². The minimum Gasteiger partial charge on any atom is -0.271 e. The van der Waals surface area contributed by atoms with Gasteiger partial charge in [0.15, 0.2) is 0 Å². The molecule has 0 spiro atoms. The van der Waals surface area contributed by atoms with E-state index in [-0.39, 0.29) is 11.5 Å². The predicted molar refractivity (Wildman–Crippen MR) is 65.7 cm³/mol. The number of hydrogen-bond acceptors (Lipinski definition) is 2. The van der Waals surface area contributed by atoms with E-state index in [1.807, 2.05) is 18.2 Å². The van der Waals surface area contributed by atoms with Gasteiger partial charge >= 0.3 is 0 Å². The van der Waals surface area contributed by atoms with E-state index in [1.54, 1.807) is 0 Å². The van der Waals surface area contributed by atoms with E-state index in [1.165, 1.54) is 11.1 Å². The number of hydrazine groups is 1. The molecule has 0 heterocycles. The lowest BCUT2D eigenvalue weighted by Crippen LogP contribution is -2.37. The predicted octanol–water partition coefficient (Wildman–Crippen LogP) is 3.20. The first kappa shape index (κ1) is 12.5. The van der Waals surface area contributed by atoms with E-state index in [4.69, 9.17) is 17.4 Å². The minimum absolute atomic E-state index is 0.0767. The van der Waals surface area contributed by atoms with Crippen LogP contribution in [0.1, 0.15) is 37.9 Å². The van der Waals surface area contributed by atoms with Gasteiger partial charge in [-0.15, -0.1) is 0 Å². The van der Waals surface area contributed by atoms with Crippen LogP contribution in [0, 0.1) is 12.3 Å². The largest absolute Gasteiger partial charge is 0.271 e. The zero-order valence-electron chi connectivity index (χ0n) is 9.76. The van der Waals surface area contributed by atoms with Crippen molar-refractivity contribution in [2.45, 2.75) is 33.7 Å². The third-order valence-corrected chi connectivity index (χ3v) is 2.81. The van der Waals surface area contributed by atoms with Crippen molar-refractivity contribution in [3.05, 3.63) is 34.3 Å². The van der Waals surface area contributed by atoms with Crippen molar-refractivity contribution in [1.29, 1.82) is 0 Å². The zero-order valence-corrected chi connectivity index (χ0v) is 10.5. The monoisotopic (exact) mass is 226 g/mol.